The van der Waals surface area contributed by atoms with Crippen LogP contribution in [0.15, 0.2) is 60.7 Å². The quantitative estimate of drug-likeness (QED) is 0.782. The number of carbonyl (C=O) groups excluding carboxylic acids is 1. The molecule has 2 aromatic carbocycles. The van der Waals surface area contributed by atoms with Crippen molar-refractivity contribution in [2.24, 2.45) is 0 Å². The molecule has 0 aliphatic heterocycles. The van der Waals surface area contributed by atoms with Crippen molar-refractivity contribution >= 4 is 5.97 Å². The molecule has 0 aliphatic carbocycles. The fraction of sp³-hybridized carbons (Fsp3) is 0.188. The van der Waals surface area contributed by atoms with E-state index in [1.54, 1.807) is 48.5 Å². The molecule has 0 spiro atoms. The maximum Gasteiger partial charge on any atom is 0.316 e. The van der Waals surface area contributed by atoms with Crippen LogP contribution in [0.5, 0.6) is 0 Å². The highest BCUT2D eigenvalue weighted by molar-refractivity contribution is 5.79. The van der Waals surface area contributed by atoms with Gasteiger partial charge in [-0.2, -0.15) is 0 Å². The molecule has 0 aliphatic rings. The summed E-state index contributed by atoms with van der Waals surface area (Å²) < 4.78 is 19.4. The van der Waals surface area contributed by atoms with Crippen LogP contribution in [-0.2, 0) is 9.53 Å². The molecule has 0 heterocycles. The van der Waals surface area contributed by atoms with Crippen LogP contribution in [-0.4, -0.2) is 13.1 Å². The normalized spacial score (nSPS) is 13.6. The molecule has 2 aromatic rings. The molecule has 0 N–H and O–H groups in total. The Morgan fingerprint density at radius 3 is 1.89 bits per heavy atom. The van der Waals surface area contributed by atoms with E-state index in [1.807, 2.05) is 12.1 Å². The third-order valence-corrected chi connectivity index (χ3v) is 3.02. The van der Waals surface area contributed by atoms with Gasteiger partial charge in [-0.1, -0.05) is 60.7 Å². The molecule has 2 rings (SSSR count). The first-order chi connectivity index (χ1) is 9.24. The first-order valence-electron chi connectivity index (χ1n) is 6.06. The van der Waals surface area contributed by atoms with Gasteiger partial charge in [0, 0.05) is 0 Å². The summed E-state index contributed by atoms with van der Waals surface area (Å²) in [5.41, 5.74) is 1.09. The van der Waals surface area contributed by atoms with E-state index in [2.05, 4.69) is 0 Å². The van der Waals surface area contributed by atoms with Crippen molar-refractivity contribution in [3.05, 3.63) is 71.8 Å². The first-order valence-corrected chi connectivity index (χ1v) is 6.06. The topological polar surface area (TPSA) is 26.3 Å². The van der Waals surface area contributed by atoms with Crippen molar-refractivity contribution in [1.82, 2.24) is 0 Å². The Kier molecular flexibility index (Phi) is 4.29. The van der Waals surface area contributed by atoms with E-state index in [0.717, 1.165) is 0 Å². The summed E-state index contributed by atoms with van der Waals surface area (Å²) in [4.78, 5) is 11.9. The van der Waals surface area contributed by atoms with Gasteiger partial charge >= 0.3 is 5.97 Å². The molecule has 2 atom stereocenters. The van der Waals surface area contributed by atoms with Gasteiger partial charge in [0.2, 0.25) is 0 Å². The van der Waals surface area contributed by atoms with Crippen molar-refractivity contribution in [3.63, 3.8) is 0 Å². The lowest BCUT2D eigenvalue weighted by molar-refractivity contribution is -0.144. The van der Waals surface area contributed by atoms with E-state index in [4.69, 9.17) is 4.74 Å². The van der Waals surface area contributed by atoms with Crippen LogP contribution < -0.4 is 0 Å². The lowest BCUT2D eigenvalue weighted by Gasteiger charge is -2.19. The molecule has 0 fully saturated rings. The Bertz CT molecular complexity index is 525. The minimum Gasteiger partial charge on any atom is -0.468 e. The second-order valence-electron chi connectivity index (χ2n) is 4.22. The van der Waals surface area contributed by atoms with E-state index in [0.29, 0.717) is 11.1 Å². The first kappa shape index (κ1) is 13.3. The summed E-state index contributed by atoms with van der Waals surface area (Å²) >= 11 is 0. The number of halogens is 1. The van der Waals surface area contributed by atoms with Crippen molar-refractivity contribution in [2.45, 2.75) is 12.1 Å². The van der Waals surface area contributed by atoms with Crippen molar-refractivity contribution < 1.29 is 13.9 Å². The molecule has 98 valence electrons. The minimum atomic E-state index is -1.42. The molecule has 2 nitrogen and oxygen atoms in total. The fourth-order valence-electron chi connectivity index (χ4n) is 2.04. The highest BCUT2D eigenvalue weighted by atomic mass is 19.1. The van der Waals surface area contributed by atoms with Crippen LogP contribution >= 0.6 is 0 Å². The molecule has 0 bridgehead atoms. The number of benzene rings is 2. The van der Waals surface area contributed by atoms with Crippen molar-refractivity contribution in [1.29, 1.82) is 0 Å². The van der Waals surface area contributed by atoms with Crippen LogP contribution in [0, 0.1) is 0 Å². The predicted molar refractivity (Wildman–Crippen MR) is 71.5 cm³/mol. The van der Waals surface area contributed by atoms with E-state index in [1.165, 1.54) is 7.11 Å². The second kappa shape index (κ2) is 6.14. The number of methoxy groups -OCH3 is 1. The molecular weight excluding hydrogens is 243 g/mol. The molecule has 0 radical (unpaired) electrons. The maximum atomic E-state index is 14.6. The predicted octanol–water partition coefficient (Wildman–Crippen LogP) is 3.65. The van der Waals surface area contributed by atoms with Crippen LogP contribution in [0.3, 0.4) is 0 Å². The SMILES string of the molecule is COC(=O)C(c1ccccc1)C(F)c1ccccc1. The summed E-state index contributed by atoms with van der Waals surface area (Å²) in [5, 5.41) is 0. The van der Waals surface area contributed by atoms with Gasteiger partial charge in [-0.15, -0.1) is 0 Å². The van der Waals surface area contributed by atoms with Gasteiger partial charge in [0.25, 0.3) is 0 Å². The van der Waals surface area contributed by atoms with Crippen molar-refractivity contribution in [3.8, 4) is 0 Å². The number of ether oxygens (including phenoxy) is 1. The van der Waals surface area contributed by atoms with E-state index in [9.17, 15) is 9.18 Å². The number of carbonyl (C=O) groups is 1. The zero-order chi connectivity index (χ0) is 13.7. The average molecular weight is 258 g/mol. The van der Waals surface area contributed by atoms with E-state index >= 15 is 0 Å². The molecule has 0 saturated heterocycles. The number of alkyl halides is 1. The Morgan fingerprint density at radius 1 is 0.947 bits per heavy atom. The van der Waals surface area contributed by atoms with Crippen LogP contribution in [0.25, 0.3) is 0 Å². The molecule has 3 heteroatoms. The monoisotopic (exact) mass is 258 g/mol. The van der Waals surface area contributed by atoms with Crippen molar-refractivity contribution in [2.75, 3.05) is 7.11 Å². The van der Waals surface area contributed by atoms with Crippen LogP contribution in [0.4, 0.5) is 4.39 Å². The van der Waals surface area contributed by atoms with Gasteiger partial charge in [0.1, 0.15) is 12.1 Å². The molecule has 0 saturated carbocycles. The Balaban J connectivity index is 2.36. The van der Waals surface area contributed by atoms with Gasteiger partial charge in [-0.3, -0.25) is 4.79 Å². The summed E-state index contributed by atoms with van der Waals surface area (Å²) in [6, 6.07) is 17.5. The smallest absolute Gasteiger partial charge is 0.316 e. The summed E-state index contributed by atoms with van der Waals surface area (Å²) in [5.74, 6) is -1.50. The third-order valence-electron chi connectivity index (χ3n) is 3.02. The number of esters is 1. The fourth-order valence-corrected chi connectivity index (χ4v) is 2.04. The maximum absolute atomic E-state index is 14.6. The number of hydrogen-bond acceptors (Lipinski definition) is 2. The lowest BCUT2D eigenvalue weighted by Crippen LogP contribution is -2.19. The molecule has 0 aromatic heterocycles. The zero-order valence-electron chi connectivity index (χ0n) is 10.6. The van der Waals surface area contributed by atoms with Crippen LogP contribution in [0.1, 0.15) is 23.2 Å². The standard InChI is InChI=1S/C16H15FO2/c1-19-16(18)14(12-8-4-2-5-9-12)15(17)13-10-6-3-7-11-13/h2-11,14-15H,1H3. The highest BCUT2D eigenvalue weighted by Crippen LogP contribution is 2.35. The molecular formula is C16H15FO2. The van der Waals surface area contributed by atoms with Gasteiger partial charge < -0.3 is 4.74 Å². The summed E-state index contributed by atoms with van der Waals surface area (Å²) in [7, 11) is 1.27. The Labute approximate surface area is 111 Å². The number of rotatable bonds is 4. The average Bonchev–Trinajstić information content (AvgIpc) is 2.49. The van der Waals surface area contributed by atoms with Crippen LogP contribution in [0.2, 0.25) is 0 Å². The highest BCUT2D eigenvalue weighted by Gasteiger charge is 2.31. The largest absolute Gasteiger partial charge is 0.468 e. The Morgan fingerprint density at radius 2 is 1.42 bits per heavy atom. The summed E-state index contributed by atoms with van der Waals surface area (Å²) in [6.45, 7) is 0. The molecule has 19 heavy (non-hydrogen) atoms. The van der Waals surface area contributed by atoms with Gasteiger partial charge in [0.05, 0.1) is 7.11 Å². The minimum absolute atomic E-state index is 0.474. The molecule has 2 unspecified atom stereocenters. The van der Waals surface area contributed by atoms with Gasteiger partial charge in [0.15, 0.2) is 0 Å². The van der Waals surface area contributed by atoms with Gasteiger partial charge in [-0.25, -0.2) is 4.39 Å². The zero-order valence-corrected chi connectivity index (χ0v) is 10.6. The molecule has 0 amide bonds. The lowest BCUT2D eigenvalue weighted by atomic mass is 9.90. The third kappa shape index (κ3) is 2.99. The second-order valence-corrected chi connectivity index (χ2v) is 4.22. The van der Waals surface area contributed by atoms with E-state index < -0.39 is 18.1 Å². The summed E-state index contributed by atoms with van der Waals surface area (Å²) in [6.07, 6.45) is -1.42. The van der Waals surface area contributed by atoms with E-state index in [-0.39, 0.29) is 0 Å². The number of hydrogen-bond donors (Lipinski definition) is 0. The van der Waals surface area contributed by atoms with Gasteiger partial charge in [-0.05, 0) is 11.1 Å². The Hall–Kier alpha value is -2.16.